The van der Waals surface area contributed by atoms with Gasteiger partial charge in [-0.15, -0.1) is 5.11 Å². The number of carbonyl (C=O) groups is 2. The Kier molecular flexibility index (Phi) is 5.30. The van der Waals surface area contributed by atoms with E-state index in [2.05, 4.69) is 10.2 Å². The fourth-order valence-corrected chi connectivity index (χ4v) is 2.97. The molecule has 2 aromatic rings. The Balaban J connectivity index is 1.89. The molecule has 0 unspecified atom stereocenters. The number of benzene rings is 2. The summed E-state index contributed by atoms with van der Waals surface area (Å²) in [4.78, 5) is 25.1. The van der Waals surface area contributed by atoms with Crippen LogP contribution < -0.4 is 4.74 Å². The van der Waals surface area contributed by atoms with Crippen molar-refractivity contribution >= 4 is 35.1 Å². The van der Waals surface area contributed by atoms with Crippen molar-refractivity contribution in [2.45, 2.75) is 19.4 Å². The van der Waals surface area contributed by atoms with Gasteiger partial charge in [0, 0.05) is 10.6 Å². The maximum absolute atomic E-state index is 13.0. The normalized spacial score (nSPS) is 15.0. The summed E-state index contributed by atoms with van der Waals surface area (Å²) < 4.78 is 10.2. The highest BCUT2D eigenvalue weighted by atomic mass is 35.5. The molecule has 1 aliphatic heterocycles. The number of ether oxygens (including phenoxy) is 2. The third kappa shape index (κ3) is 4.18. The van der Waals surface area contributed by atoms with E-state index in [9.17, 15) is 9.59 Å². The van der Waals surface area contributed by atoms with Crippen LogP contribution in [0.4, 0.5) is 4.79 Å². The molecule has 6 nitrogen and oxygen atoms in total. The van der Waals surface area contributed by atoms with E-state index in [4.69, 9.17) is 32.7 Å². The monoisotopic (exact) mass is 404 g/mol. The lowest BCUT2D eigenvalue weighted by molar-refractivity contribution is 0.101. The van der Waals surface area contributed by atoms with Crippen LogP contribution in [0.15, 0.2) is 70.2 Å². The standard InChI is InChI=1S/C19H14Cl2N2O4/c1-19(2)15(16(24)13-9-8-11(20)10-14(13)21)17(22-23-19)27-18(25)26-12-6-4-3-5-7-12/h3-10H,1-2H3. The van der Waals surface area contributed by atoms with Gasteiger partial charge in [0.15, 0.2) is 5.78 Å². The fourth-order valence-electron chi connectivity index (χ4n) is 2.47. The highest BCUT2D eigenvalue weighted by Crippen LogP contribution is 2.36. The molecule has 0 bridgehead atoms. The molecule has 0 N–H and O–H groups in total. The summed E-state index contributed by atoms with van der Waals surface area (Å²) in [5, 5.41) is 8.42. The number of nitrogens with zero attached hydrogens (tertiary/aromatic N) is 2. The van der Waals surface area contributed by atoms with Crippen molar-refractivity contribution in [1.29, 1.82) is 0 Å². The second-order valence-electron chi connectivity index (χ2n) is 6.16. The smallest absolute Gasteiger partial charge is 0.395 e. The van der Waals surface area contributed by atoms with Crippen LogP contribution in [0.3, 0.4) is 0 Å². The van der Waals surface area contributed by atoms with Crippen molar-refractivity contribution in [3.8, 4) is 5.75 Å². The summed E-state index contributed by atoms with van der Waals surface area (Å²) in [6.45, 7) is 3.35. The van der Waals surface area contributed by atoms with Gasteiger partial charge in [0.25, 0.3) is 5.88 Å². The van der Waals surface area contributed by atoms with E-state index in [0.717, 1.165) is 0 Å². The summed E-state index contributed by atoms with van der Waals surface area (Å²) in [6, 6.07) is 12.9. The largest absolute Gasteiger partial charge is 0.520 e. The van der Waals surface area contributed by atoms with E-state index in [1.165, 1.54) is 12.1 Å². The molecule has 8 heteroatoms. The lowest BCUT2D eigenvalue weighted by Gasteiger charge is -2.17. The molecule has 2 aromatic carbocycles. The van der Waals surface area contributed by atoms with Crippen molar-refractivity contribution in [3.05, 3.63) is 75.6 Å². The molecule has 27 heavy (non-hydrogen) atoms. The number of rotatable bonds is 4. The van der Waals surface area contributed by atoms with Gasteiger partial charge in [-0.05, 0) is 44.2 Å². The first kappa shape index (κ1) is 19.1. The molecule has 1 heterocycles. The zero-order chi connectivity index (χ0) is 19.6. The van der Waals surface area contributed by atoms with Gasteiger partial charge in [-0.25, -0.2) is 4.79 Å². The Morgan fingerprint density at radius 2 is 1.70 bits per heavy atom. The van der Waals surface area contributed by atoms with Crippen molar-refractivity contribution in [3.63, 3.8) is 0 Å². The summed E-state index contributed by atoms with van der Waals surface area (Å²) in [5.74, 6) is -0.392. The molecule has 0 spiro atoms. The van der Waals surface area contributed by atoms with E-state index in [1.54, 1.807) is 50.2 Å². The van der Waals surface area contributed by atoms with Crippen LogP contribution in [0.5, 0.6) is 5.75 Å². The highest BCUT2D eigenvalue weighted by molar-refractivity contribution is 6.37. The Labute approximate surface area is 165 Å². The molecule has 0 saturated carbocycles. The molecule has 0 fully saturated rings. The molecular weight excluding hydrogens is 391 g/mol. The van der Waals surface area contributed by atoms with Crippen LogP contribution in [0.1, 0.15) is 24.2 Å². The second-order valence-corrected chi connectivity index (χ2v) is 7.00. The minimum atomic E-state index is -1.03. The Morgan fingerprint density at radius 1 is 1.00 bits per heavy atom. The van der Waals surface area contributed by atoms with Crippen LogP contribution in [-0.4, -0.2) is 17.5 Å². The Hall–Kier alpha value is -2.70. The molecule has 0 amide bonds. The lowest BCUT2D eigenvalue weighted by Crippen LogP contribution is -2.25. The van der Waals surface area contributed by atoms with Crippen molar-refractivity contribution in [1.82, 2.24) is 0 Å². The van der Waals surface area contributed by atoms with Gasteiger partial charge in [0.2, 0.25) is 0 Å². The molecule has 3 rings (SSSR count). The lowest BCUT2D eigenvalue weighted by atomic mass is 9.89. The van der Waals surface area contributed by atoms with Crippen LogP contribution in [0.2, 0.25) is 10.0 Å². The summed E-state index contributed by atoms with van der Waals surface area (Å²) in [5.41, 5.74) is -0.701. The van der Waals surface area contributed by atoms with E-state index < -0.39 is 17.5 Å². The zero-order valence-corrected chi connectivity index (χ0v) is 15.9. The van der Waals surface area contributed by atoms with Gasteiger partial charge in [0.05, 0.1) is 10.6 Å². The number of ketones is 1. The maximum atomic E-state index is 13.0. The summed E-state index contributed by atoms with van der Waals surface area (Å²) in [6.07, 6.45) is -1.03. The molecule has 0 saturated heterocycles. The topological polar surface area (TPSA) is 77.3 Å². The summed E-state index contributed by atoms with van der Waals surface area (Å²) >= 11 is 12.0. The molecular formula is C19H14Cl2N2O4. The van der Waals surface area contributed by atoms with E-state index >= 15 is 0 Å². The van der Waals surface area contributed by atoms with Crippen LogP contribution in [0, 0.1) is 0 Å². The van der Waals surface area contributed by atoms with E-state index in [1.807, 2.05) is 0 Å². The summed E-state index contributed by atoms with van der Waals surface area (Å²) in [7, 11) is 0. The van der Waals surface area contributed by atoms with Gasteiger partial charge in [0.1, 0.15) is 11.3 Å². The van der Waals surface area contributed by atoms with Crippen molar-refractivity contribution in [2.24, 2.45) is 10.2 Å². The minimum Gasteiger partial charge on any atom is -0.395 e. The van der Waals surface area contributed by atoms with Crippen molar-refractivity contribution in [2.75, 3.05) is 0 Å². The first-order chi connectivity index (χ1) is 12.8. The highest BCUT2D eigenvalue weighted by Gasteiger charge is 2.40. The molecule has 0 aliphatic carbocycles. The first-order valence-corrected chi connectivity index (χ1v) is 8.65. The average molecular weight is 405 g/mol. The molecule has 0 radical (unpaired) electrons. The fraction of sp³-hybridized carbons (Fsp3) is 0.158. The predicted octanol–water partition coefficient (Wildman–Crippen LogP) is 5.85. The molecule has 0 atom stereocenters. The third-order valence-corrected chi connectivity index (χ3v) is 4.29. The first-order valence-electron chi connectivity index (χ1n) is 7.90. The van der Waals surface area contributed by atoms with E-state index in [0.29, 0.717) is 10.8 Å². The van der Waals surface area contributed by atoms with Crippen LogP contribution >= 0.6 is 23.2 Å². The predicted molar refractivity (Wildman–Crippen MR) is 100 cm³/mol. The number of Topliss-reactive ketones (excluding diaryl/α,β-unsaturated/α-hetero) is 1. The SMILES string of the molecule is CC1(C)N=NC(OC(=O)Oc2ccccc2)=C1C(=O)c1ccc(Cl)cc1Cl. The number of para-hydroxylation sites is 1. The average Bonchev–Trinajstić information content (AvgIpc) is 2.89. The second kappa shape index (κ2) is 7.50. The molecule has 1 aliphatic rings. The zero-order valence-electron chi connectivity index (χ0n) is 14.4. The van der Waals surface area contributed by atoms with Gasteiger partial charge in [-0.2, -0.15) is 5.11 Å². The maximum Gasteiger partial charge on any atom is 0.520 e. The number of hydrogen-bond donors (Lipinski definition) is 0. The Bertz CT molecular complexity index is 969. The van der Waals surface area contributed by atoms with Crippen molar-refractivity contribution < 1.29 is 19.1 Å². The molecule has 0 aromatic heterocycles. The van der Waals surface area contributed by atoms with Gasteiger partial charge >= 0.3 is 6.16 Å². The van der Waals surface area contributed by atoms with Crippen LogP contribution in [-0.2, 0) is 4.74 Å². The number of carbonyl (C=O) groups excluding carboxylic acids is 2. The molecule has 138 valence electrons. The van der Waals surface area contributed by atoms with E-state index in [-0.39, 0.29) is 22.0 Å². The van der Waals surface area contributed by atoms with Gasteiger partial charge < -0.3 is 9.47 Å². The van der Waals surface area contributed by atoms with Gasteiger partial charge in [-0.1, -0.05) is 41.4 Å². The van der Waals surface area contributed by atoms with Gasteiger partial charge in [-0.3, -0.25) is 4.79 Å². The minimum absolute atomic E-state index is 0.0942. The number of hydrogen-bond acceptors (Lipinski definition) is 6. The number of azo groups is 1. The van der Waals surface area contributed by atoms with Crippen LogP contribution in [0.25, 0.3) is 0 Å². The third-order valence-electron chi connectivity index (χ3n) is 3.74. The quantitative estimate of drug-likeness (QED) is 0.363. The Morgan fingerprint density at radius 3 is 2.37 bits per heavy atom. The number of halogens is 2.